The van der Waals surface area contributed by atoms with Crippen molar-refractivity contribution in [1.82, 2.24) is 14.6 Å². The molecule has 2 aromatic heterocycles. The molecule has 0 atom stereocenters. The molecule has 6 heteroatoms. The molecule has 0 radical (unpaired) electrons. The number of nitrogens with zero attached hydrogens (tertiary/aromatic N) is 3. The molecule has 0 aliphatic carbocycles. The molecule has 2 heterocycles. The number of hydrogen-bond donors (Lipinski definition) is 0. The van der Waals surface area contributed by atoms with Crippen LogP contribution in [0.5, 0.6) is 0 Å². The van der Waals surface area contributed by atoms with E-state index in [1.165, 1.54) is 23.5 Å². The Balaban J connectivity index is 2.07. The molecule has 1 aromatic carbocycles. The lowest BCUT2D eigenvalue weighted by Crippen LogP contribution is -1.92. The predicted molar refractivity (Wildman–Crippen MR) is 71.7 cm³/mol. The van der Waals surface area contributed by atoms with E-state index in [1.54, 1.807) is 23.8 Å². The quantitative estimate of drug-likeness (QED) is 0.738. The van der Waals surface area contributed by atoms with Gasteiger partial charge in [-0.1, -0.05) is 11.3 Å². The van der Waals surface area contributed by atoms with Crippen LogP contribution in [0.25, 0.3) is 16.2 Å². The van der Waals surface area contributed by atoms with Crippen LogP contribution >= 0.6 is 11.3 Å². The highest BCUT2D eigenvalue weighted by Gasteiger charge is 2.14. The Kier molecular flexibility index (Phi) is 3.04. The van der Waals surface area contributed by atoms with Gasteiger partial charge in [0.05, 0.1) is 18.0 Å². The number of methoxy groups -OCH3 is 1. The third-order valence-electron chi connectivity index (χ3n) is 2.86. The number of aryl methyl sites for hydroxylation is 1. The molecule has 3 rings (SSSR count). The highest BCUT2D eigenvalue weighted by molar-refractivity contribution is 7.16. The minimum absolute atomic E-state index is 0.247. The second-order valence-electron chi connectivity index (χ2n) is 4.18. The van der Waals surface area contributed by atoms with E-state index in [0.717, 1.165) is 26.9 Å². The smallest absolute Gasteiger partial charge is 0.213 e. The van der Waals surface area contributed by atoms with Gasteiger partial charge in [0.25, 0.3) is 0 Å². The third kappa shape index (κ3) is 2.13. The van der Waals surface area contributed by atoms with Gasteiger partial charge in [-0.2, -0.15) is 5.10 Å². The molecule has 4 nitrogen and oxygen atoms in total. The zero-order valence-corrected chi connectivity index (χ0v) is 11.4. The monoisotopic (exact) mass is 277 g/mol. The number of imidazole rings is 1. The average molecular weight is 277 g/mol. The normalized spacial score (nSPS) is 11.3. The molecule has 0 unspecified atom stereocenters. The molecule has 0 aliphatic rings. The van der Waals surface area contributed by atoms with Crippen molar-refractivity contribution in [3.05, 3.63) is 40.8 Å². The second kappa shape index (κ2) is 4.71. The van der Waals surface area contributed by atoms with E-state index in [4.69, 9.17) is 4.74 Å². The van der Waals surface area contributed by atoms with Gasteiger partial charge in [0, 0.05) is 12.7 Å². The molecule has 0 amide bonds. The maximum Gasteiger partial charge on any atom is 0.213 e. The van der Waals surface area contributed by atoms with E-state index in [-0.39, 0.29) is 5.82 Å². The van der Waals surface area contributed by atoms with E-state index < -0.39 is 0 Å². The second-order valence-corrected chi connectivity index (χ2v) is 5.22. The highest BCUT2D eigenvalue weighted by Crippen LogP contribution is 2.26. The van der Waals surface area contributed by atoms with E-state index >= 15 is 0 Å². The highest BCUT2D eigenvalue weighted by atomic mass is 32.1. The Morgan fingerprint density at radius 3 is 2.68 bits per heavy atom. The molecule has 0 fully saturated rings. The van der Waals surface area contributed by atoms with Gasteiger partial charge < -0.3 is 4.74 Å². The SMILES string of the molecule is COCc1nn2c(C)c(-c3ccc(F)cc3)nc2s1. The number of rotatable bonds is 3. The maximum atomic E-state index is 12.9. The topological polar surface area (TPSA) is 39.4 Å². The lowest BCUT2D eigenvalue weighted by atomic mass is 10.1. The number of aromatic nitrogens is 3. The molecule has 0 bridgehead atoms. The first-order valence-corrected chi connectivity index (χ1v) is 6.60. The van der Waals surface area contributed by atoms with Crippen molar-refractivity contribution in [3.63, 3.8) is 0 Å². The summed E-state index contributed by atoms with van der Waals surface area (Å²) < 4.78 is 19.8. The fraction of sp³-hybridized carbons (Fsp3) is 0.231. The fourth-order valence-corrected chi connectivity index (χ4v) is 2.86. The van der Waals surface area contributed by atoms with Crippen LogP contribution in [0.15, 0.2) is 24.3 Å². The molecular formula is C13H12FN3OS. The fourth-order valence-electron chi connectivity index (χ4n) is 1.95. The Bertz CT molecular complexity index is 717. The molecule has 0 saturated heterocycles. The lowest BCUT2D eigenvalue weighted by Gasteiger charge is -1.98. The summed E-state index contributed by atoms with van der Waals surface area (Å²) in [6.45, 7) is 2.44. The van der Waals surface area contributed by atoms with Crippen molar-refractivity contribution in [2.45, 2.75) is 13.5 Å². The third-order valence-corrected chi connectivity index (χ3v) is 3.74. The molecule has 0 spiro atoms. The van der Waals surface area contributed by atoms with Gasteiger partial charge in [0.1, 0.15) is 10.8 Å². The van der Waals surface area contributed by atoms with Crippen LogP contribution in [0, 0.1) is 12.7 Å². The van der Waals surface area contributed by atoms with Crippen LogP contribution in [0.2, 0.25) is 0 Å². The summed E-state index contributed by atoms with van der Waals surface area (Å²) in [7, 11) is 1.64. The summed E-state index contributed by atoms with van der Waals surface area (Å²) in [6, 6.07) is 6.33. The molecule has 0 N–H and O–H groups in total. The molecular weight excluding hydrogens is 265 g/mol. The van der Waals surface area contributed by atoms with Crippen molar-refractivity contribution in [2.24, 2.45) is 0 Å². The van der Waals surface area contributed by atoms with Crippen LogP contribution in [-0.4, -0.2) is 21.7 Å². The first kappa shape index (κ1) is 12.3. The van der Waals surface area contributed by atoms with Crippen LogP contribution in [0.4, 0.5) is 4.39 Å². The van der Waals surface area contributed by atoms with Gasteiger partial charge in [0.15, 0.2) is 0 Å². The Hall–Kier alpha value is -1.79. The Morgan fingerprint density at radius 2 is 2.05 bits per heavy atom. The first-order valence-electron chi connectivity index (χ1n) is 5.79. The predicted octanol–water partition coefficient (Wildman–Crippen LogP) is 3.05. The van der Waals surface area contributed by atoms with Crippen molar-refractivity contribution in [2.75, 3.05) is 7.11 Å². The molecule has 19 heavy (non-hydrogen) atoms. The Morgan fingerprint density at radius 1 is 1.32 bits per heavy atom. The summed E-state index contributed by atoms with van der Waals surface area (Å²) in [6.07, 6.45) is 0. The van der Waals surface area contributed by atoms with Crippen LogP contribution in [0.1, 0.15) is 10.7 Å². The van der Waals surface area contributed by atoms with Crippen LogP contribution in [0.3, 0.4) is 0 Å². The van der Waals surface area contributed by atoms with Crippen molar-refractivity contribution < 1.29 is 9.13 Å². The summed E-state index contributed by atoms with van der Waals surface area (Å²) in [5.41, 5.74) is 2.67. The minimum Gasteiger partial charge on any atom is -0.377 e. The van der Waals surface area contributed by atoms with Gasteiger partial charge >= 0.3 is 0 Å². The van der Waals surface area contributed by atoms with Crippen molar-refractivity contribution in [1.29, 1.82) is 0 Å². The average Bonchev–Trinajstić information content (AvgIpc) is 2.91. The largest absolute Gasteiger partial charge is 0.377 e. The van der Waals surface area contributed by atoms with E-state index in [9.17, 15) is 4.39 Å². The number of ether oxygens (including phenoxy) is 1. The van der Waals surface area contributed by atoms with Gasteiger partial charge in [-0.15, -0.1) is 0 Å². The Labute approximate surface area is 113 Å². The number of halogens is 1. The van der Waals surface area contributed by atoms with Crippen LogP contribution in [-0.2, 0) is 11.3 Å². The maximum absolute atomic E-state index is 12.9. The summed E-state index contributed by atoms with van der Waals surface area (Å²) in [4.78, 5) is 5.38. The molecule has 98 valence electrons. The number of hydrogen-bond acceptors (Lipinski definition) is 4. The minimum atomic E-state index is -0.247. The zero-order chi connectivity index (χ0) is 13.4. The van der Waals surface area contributed by atoms with Gasteiger partial charge in [-0.05, 0) is 31.2 Å². The van der Waals surface area contributed by atoms with Crippen molar-refractivity contribution in [3.8, 4) is 11.3 Å². The van der Waals surface area contributed by atoms with Gasteiger partial charge in [-0.25, -0.2) is 13.9 Å². The molecule has 0 aliphatic heterocycles. The number of fused-ring (bicyclic) bond motifs is 1. The zero-order valence-electron chi connectivity index (χ0n) is 10.6. The summed E-state index contributed by atoms with van der Waals surface area (Å²) in [5, 5.41) is 5.33. The van der Waals surface area contributed by atoms with Crippen molar-refractivity contribution >= 4 is 16.3 Å². The van der Waals surface area contributed by atoms with Gasteiger partial charge in [0.2, 0.25) is 4.96 Å². The van der Waals surface area contributed by atoms with E-state index in [0.29, 0.717) is 6.61 Å². The van der Waals surface area contributed by atoms with Crippen LogP contribution < -0.4 is 0 Å². The lowest BCUT2D eigenvalue weighted by molar-refractivity contribution is 0.183. The van der Waals surface area contributed by atoms with E-state index in [2.05, 4.69) is 10.1 Å². The first-order chi connectivity index (χ1) is 9.19. The van der Waals surface area contributed by atoms with E-state index in [1.807, 2.05) is 6.92 Å². The summed E-state index contributed by atoms with van der Waals surface area (Å²) >= 11 is 1.50. The van der Waals surface area contributed by atoms with Gasteiger partial charge in [-0.3, -0.25) is 0 Å². The summed E-state index contributed by atoms with van der Waals surface area (Å²) in [5.74, 6) is -0.247. The standard InChI is InChI=1S/C13H12FN3OS/c1-8-12(9-3-5-10(14)6-4-9)15-13-17(8)16-11(19-13)7-18-2/h3-6H,7H2,1-2H3. The molecule has 0 saturated carbocycles. The molecule has 3 aromatic rings. The number of benzene rings is 1.